The first-order valence-electron chi connectivity index (χ1n) is 9.41. The maximum Gasteiger partial charge on any atom is 0.271 e. The number of rotatable bonds is 5. The molecule has 0 fully saturated rings. The van der Waals surface area contributed by atoms with E-state index in [2.05, 4.69) is 26.5 Å². The monoisotopic (exact) mass is 458 g/mol. The van der Waals surface area contributed by atoms with E-state index in [0.29, 0.717) is 5.56 Å². The van der Waals surface area contributed by atoms with Crippen molar-refractivity contribution in [3.63, 3.8) is 0 Å². The Morgan fingerprint density at radius 3 is 2.53 bits per heavy atom. The van der Waals surface area contributed by atoms with Gasteiger partial charge < -0.3 is 0 Å². The van der Waals surface area contributed by atoms with Gasteiger partial charge >= 0.3 is 0 Å². The summed E-state index contributed by atoms with van der Waals surface area (Å²) in [5, 5.41) is 8.92. The lowest BCUT2D eigenvalue weighted by molar-refractivity contribution is 0.0955. The molecule has 1 N–H and O–H groups in total. The van der Waals surface area contributed by atoms with E-state index >= 15 is 0 Å². The highest BCUT2D eigenvalue weighted by atomic mass is 79.9. The third-order valence-electron chi connectivity index (χ3n) is 4.54. The molecule has 5 nitrogen and oxygen atoms in total. The number of amides is 1. The number of hydrazone groups is 1. The van der Waals surface area contributed by atoms with Gasteiger partial charge in [-0.05, 0) is 37.3 Å². The Morgan fingerprint density at radius 1 is 1.03 bits per heavy atom. The van der Waals surface area contributed by atoms with Crippen LogP contribution in [0.5, 0.6) is 0 Å². The Bertz CT molecular complexity index is 1200. The van der Waals surface area contributed by atoms with Crippen LogP contribution in [0.4, 0.5) is 0 Å². The Labute approximate surface area is 183 Å². The summed E-state index contributed by atoms with van der Waals surface area (Å²) in [6.07, 6.45) is 3.52. The molecule has 1 aromatic heterocycles. The lowest BCUT2D eigenvalue weighted by atomic mass is 10.1. The minimum absolute atomic E-state index is 0.278. The van der Waals surface area contributed by atoms with Crippen LogP contribution in [0.2, 0.25) is 0 Å². The Hall–Kier alpha value is -3.51. The fraction of sp³-hybridized carbons (Fsp3) is 0.0417. The van der Waals surface area contributed by atoms with E-state index in [1.54, 1.807) is 18.3 Å². The molecule has 0 aliphatic heterocycles. The summed E-state index contributed by atoms with van der Waals surface area (Å²) in [5.41, 5.74) is 7.81. The first-order valence-corrected chi connectivity index (χ1v) is 10.2. The molecule has 30 heavy (non-hydrogen) atoms. The van der Waals surface area contributed by atoms with Crippen molar-refractivity contribution in [2.24, 2.45) is 5.10 Å². The molecule has 3 aromatic carbocycles. The van der Waals surface area contributed by atoms with Crippen LogP contribution in [-0.2, 0) is 0 Å². The second-order valence-electron chi connectivity index (χ2n) is 6.79. The van der Waals surface area contributed by atoms with Gasteiger partial charge in [-0.1, -0.05) is 70.0 Å². The minimum atomic E-state index is -0.278. The molecule has 4 aromatic rings. The zero-order valence-corrected chi connectivity index (χ0v) is 17.9. The molecular formula is C24H19BrN4O. The molecule has 1 amide bonds. The van der Waals surface area contributed by atoms with Gasteiger partial charge in [-0.15, -0.1) is 0 Å². The van der Waals surface area contributed by atoms with Crippen LogP contribution in [0.15, 0.2) is 94.6 Å². The number of halogens is 1. The van der Waals surface area contributed by atoms with Crippen molar-refractivity contribution in [2.75, 3.05) is 0 Å². The standard InChI is InChI=1S/C24H19BrN4O/c1-17-10-12-18(13-11-17)23-20(16-29(28-23)22-8-3-2-4-9-22)15-26-27-24(30)19-6-5-7-21(25)14-19/h2-16H,1H3,(H,27,30). The average Bonchev–Trinajstić information content (AvgIpc) is 3.19. The third kappa shape index (κ3) is 4.55. The van der Waals surface area contributed by atoms with E-state index in [1.807, 2.05) is 84.5 Å². The summed E-state index contributed by atoms with van der Waals surface area (Å²) in [6, 6.07) is 25.2. The largest absolute Gasteiger partial charge is 0.271 e. The van der Waals surface area contributed by atoms with Gasteiger partial charge in [0.05, 0.1) is 11.9 Å². The number of aromatic nitrogens is 2. The highest BCUT2D eigenvalue weighted by molar-refractivity contribution is 9.10. The lowest BCUT2D eigenvalue weighted by Gasteiger charge is -2.01. The van der Waals surface area contributed by atoms with Gasteiger partial charge in [0.15, 0.2) is 0 Å². The number of nitrogens with one attached hydrogen (secondary N) is 1. The average molecular weight is 459 g/mol. The second-order valence-corrected chi connectivity index (χ2v) is 7.70. The van der Waals surface area contributed by atoms with Crippen LogP contribution in [0.3, 0.4) is 0 Å². The molecule has 148 valence electrons. The maximum absolute atomic E-state index is 12.3. The van der Waals surface area contributed by atoms with Crippen molar-refractivity contribution in [1.82, 2.24) is 15.2 Å². The number of para-hydroxylation sites is 1. The van der Waals surface area contributed by atoms with E-state index in [9.17, 15) is 4.79 Å². The van der Waals surface area contributed by atoms with Gasteiger partial charge in [0.1, 0.15) is 5.69 Å². The quantitative estimate of drug-likeness (QED) is 0.322. The SMILES string of the molecule is Cc1ccc(-c2nn(-c3ccccc3)cc2C=NNC(=O)c2cccc(Br)c2)cc1. The first kappa shape index (κ1) is 19.8. The first-order chi connectivity index (χ1) is 14.6. The smallest absolute Gasteiger partial charge is 0.267 e. The summed E-state index contributed by atoms with van der Waals surface area (Å²) >= 11 is 3.37. The summed E-state index contributed by atoms with van der Waals surface area (Å²) in [4.78, 5) is 12.3. The molecule has 0 radical (unpaired) electrons. The van der Waals surface area contributed by atoms with Gasteiger partial charge in [0.2, 0.25) is 0 Å². The number of aryl methyl sites for hydroxylation is 1. The molecule has 6 heteroatoms. The number of nitrogens with zero attached hydrogens (tertiary/aromatic N) is 3. The van der Waals surface area contributed by atoms with Crippen LogP contribution in [-0.4, -0.2) is 21.9 Å². The molecule has 0 aliphatic rings. The summed E-state index contributed by atoms with van der Waals surface area (Å²) in [6.45, 7) is 2.05. The lowest BCUT2D eigenvalue weighted by Crippen LogP contribution is -2.17. The number of carbonyl (C=O) groups is 1. The molecule has 1 heterocycles. The van der Waals surface area contributed by atoms with Gasteiger partial charge in [-0.2, -0.15) is 10.2 Å². The van der Waals surface area contributed by atoms with E-state index in [1.165, 1.54) is 5.56 Å². The van der Waals surface area contributed by atoms with E-state index in [-0.39, 0.29) is 5.91 Å². The Morgan fingerprint density at radius 2 is 1.80 bits per heavy atom. The fourth-order valence-electron chi connectivity index (χ4n) is 2.99. The highest BCUT2D eigenvalue weighted by Crippen LogP contribution is 2.23. The molecular weight excluding hydrogens is 440 g/mol. The van der Waals surface area contributed by atoms with Crippen molar-refractivity contribution in [1.29, 1.82) is 0 Å². The van der Waals surface area contributed by atoms with Crippen molar-refractivity contribution in [3.8, 4) is 16.9 Å². The predicted octanol–water partition coefficient (Wildman–Crippen LogP) is 5.37. The van der Waals surface area contributed by atoms with Gasteiger partial charge in [0.25, 0.3) is 5.91 Å². The third-order valence-corrected chi connectivity index (χ3v) is 5.04. The van der Waals surface area contributed by atoms with Crippen molar-refractivity contribution in [3.05, 3.63) is 106 Å². The highest BCUT2D eigenvalue weighted by Gasteiger charge is 2.11. The zero-order chi connectivity index (χ0) is 20.9. The maximum atomic E-state index is 12.3. The van der Waals surface area contributed by atoms with E-state index in [4.69, 9.17) is 5.10 Å². The number of hydrogen-bond donors (Lipinski definition) is 1. The minimum Gasteiger partial charge on any atom is -0.267 e. The number of benzene rings is 3. The van der Waals surface area contributed by atoms with Gasteiger partial charge in [-0.3, -0.25) is 4.79 Å². The van der Waals surface area contributed by atoms with Crippen LogP contribution in [0.1, 0.15) is 21.5 Å². The van der Waals surface area contributed by atoms with Crippen molar-refractivity contribution < 1.29 is 4.79 Å². The molecule has 0 bridgehead atoms. The van der Waals surface area contributed by atoms with Crippen LogP contribution >= 0.6 is 15.9 Å². The normalized spacial score (nSPS) is 11.0. The van der Waals surface area contributed by atoms with E-state index < -0.39 is 0 Å². The Balaban J connectivity index is 1.64. The number of hydrogen-bond acceptors (Lipinski definition) is 3. The molecule has 0 spiro atoms. The summed E-state index contributed by atoms with van der Waals surface area (Å²) in [5.74, 6) is -0.278. The Kier molecular flexibility index (Phi) is 5.86. The van der Waals surface area contributed by atoms with Gasteiger partial charge in [-0.25, -0.2) is 10.1 Å². The summed E-state index contributed by atoms with van der Waals surface area (Å²) in [7, 11) is 0. The molecule has 0 unspecified atom stereocenters. The van der Waals surface area contributed by atoms with E-state index in [0.717, 1.165) is 27.0 Å². The summed E-state index contributed by atoms with van der Waals surface area (Å²) < 4.78 is 2.65. The molecule has 4 rings (SSSR count). The predicted molar refractivity (Wildman–Crippen MR) is 123 cm³/mol. The van der Waals surface area contributed by atoms with Crippen molar-refractivity contribution >= 4 is 28.1 Å². The molecule has 0 aliphatic carbocycles. The van der Waals surface area contributed by atoms with Crippen LogP contribution < -0.4 is 5.43 Å². The second kappa shape index (κ2) is 8.88. The molecule has 0 saturated heterocycles. The van der Waals surface area contributed by atoms with Crippen molar-refractivity contribution in [2.45, 2.75) is 6.92 Å². The van der Waals surface area contributed by atoms with Gasteiger partial charge in [0, 0.05) is 27.4 Å². The topological polar surface area (TPSA) is 59.3 Å². The fourth-order valence-corrected chi connectivity index (χ4v) is 3.38. The molecule has 0 saturated carbocycles. The number of carbonyl (C=O) groups excluding carboxylic acids is 1. The molecule has 0 atom stereocenters. The van der Waals surface area contributed by atoms with Crippen LogP contribution in [0, 0.1) is 6.92 Å². The zero-order valence-electron chi connectivity index (χ0n) is 16.3. The van der Waals surface area contributed by atoms with Crippen LogP contribution in [0.25, 0.3) is 16.9 Å².